The number of aromatic nitrogens is 1. The first kappa shape index (κ1) is 15.5. The Kier molecular flexibility index (Phi) is 3.39. The molecule has 4 rings (SSSR count). The first-order valence-electron chi connectivity index (χ1n) is 7.24. The molecule has 25 heavy (non-hydrogen) atoms. The number of fused-ring (bicyclic) bond motifs is 2. The largest absolute Gasteiger partial charge is 0.356 e. The summed E-state index contributed by atoms with van der Waals surface area (Å²) in [6.07, 6.45) is 0. The van der Waals surface area contributed by atoms with E-state index in [0.29, 0.717) is 32.3 Å². The van der Waals surface area contributed by atoms with E-state index in [2.05, 4.69) is 31.4 Å². The van der Waals surface area contributed by atoms with Gasteiger partial charge in [0.2, 0.25) is 5.91 Å². The third kappa shape index (κ3) is 2.23. The minimum Gasteiger partial charge on any atom is -0.356 e. The highest BCUT2D eigenvalue weighted by molar-refractivity contribution is 9.10. The van der Waals surface area contributed by atoms with Crippen LogP contribution in [0.2, 0.25) is 0 Å². The number of hydrogen-bond donors (Lipinski definition) is 2. The van der Waals surface area contributed by atoms with Crippen LogP contribution < -0.4 is 5.32 Å². The smallest absolute Gasteiger partial charge is 0.271 e. The molecule has 1 aliphatic heterocycles. The summed E-state index contributed by atoms with van der Waals surface area (Å²) in [4.78, 5) is 37.6. The van der Waals surface area contributed by atoms with Crippen LogP contribution in [0.25, 0.3) is 10.9 Å². The maximum Gasteiger partial charge on any atom is 0.271 e. The standard InChI is InChI=1S/C16H9BrN4O4/c17-10-6-7(21(24)25)5-9-12(16(22)19-13(9)10)15-14(20-23)8-3-1-2-4-11(8)18-15/h1-6,12,18H,(H,19,22). The number of hydrogen-bond acceptors (Lipinski definition) is 5. The minimum absolute atomic E-state index is 0.131. The lowest BCUT2D eigenvalue weighted by Crippen LogP contribution is -2.13. The van der Waals surface area contributed by atoms with E-state index in [0.717, 1.165) is 0 Å². The zero-order chi connectivity index (χ0) is 17.7. The third-order valence-corrected chi connectivity index (χ3v) is 4.85. The van der Waals surface area contributed by atoms with Crippen LogP contribution in [-0.4, -0.2) is 15.8 Å². The Bertz CT molecular complexity index is 1080. The van der Waals surface area contributed by atoms with Crippen molar-refractivity contribution in [1.82, 2.24) is 4.98 Å². The maximum absolute atomic E-state index is 12.5. The van der Waals surface area contributed by atoms with Gasteiger partial charge in [0.1, 0.15) is 11.6 Å². The number of nitro groups is 1. The van der Waals surface area contributed by atoms with Gasteiger partial charge in [-0.05, 0) is 27.2 Å². The van der Waals surface area contributed by atoms with E-state index in [4.69, 9.17) is 0 Å². The van der Waals surface area contributed by atoms with E-state index in [1.807, 2.05) is 0 Å². The van der Waals surface area contributed by atoms with Crippen molar-refractivity contribution >= 4 is 49.8 Å². The second-order valence-corrected chi connectivity index (χ2v) is 6.45. The van der Waals surface area contributed by atoms with Crippen LogP contribution in [0.5, 0.6) is 0 Å². The van der Waals surface area contributed by atoms with Crippen LogP contribution in [0, 0.1) is 15.0 Å². The highest BCUT2D eigenvalue weighted by Gasteiger charge is 2.38. The molecule has 0 spiro atoms. The Hall–Kier alpha value is -3.07. The van der Waals surface area contributed by atoms with Crippen molar-refractivity contribution in [3.63, 3.8) is 0 Å². The number of anilines is 1. The van der Waals surface area contributed by atoms with Crippen molar-refractivity contribution in [2.75, 3.05) is 5.32 Å². The van der Waals surface area contributed by atoms with Gasteiger partial charge in [-0.1, -0.05) is 18.2 Å². The van der Waals surface area contributed by atoms with Crippen LogP contribution >= 0.6 is 15.9 Å². The van der Waals surface area contributed by atoms with Gasteiger partial charge in [0, 0.05) is 33.1 Å². The fourth-order valence-corrected chi connectivity index (χ4v) is 3.72. The number of nitrogens with one attached hydrogen (secondary N) is 2. The van der Waals surface area contributed by atoms with Gasteiger partial charge >= 0.3 is 0 Å². The summed E-state index contributed by atoms with van der Waals surface area (Å²) in [7, 11) is 0. The quantitative estimate of drug-likeness (QED) is 0.386. The van der Waals surface area contributed by atoms with Gasteiger partial charge in [0.25, 0.3) is 5.69 Å². The number of benzene rings is 2. The molecule has 3 aromatic rings. The topological polar surface area (TPSA) is 117 Å². The number of aromatic amines is 1. The highest BCUT2D eigenvalue weighted by Crippen LogP contribution is 2.46. The number of nitro benzene ring substituents is 1. The fourth-order valence-electron chi connectivity index (χ4n) is 3.16. The van der Waals surface area contributed by atoms with E-state index in [1.54, 1.807) is 24.3 Å². The molecule has 9 heteroatoms. The summed E-state index contributed by atoms with van der Waals surface area (Å²) in [6, 6.07) is 9.71. The second kappa shape index (κ2) is 5.49. The van der Waals surface area contributed by atoms with Crippen LogP contribution in [-0.2, 0) is 4.79 Å². The average molecular weight is 401 g/mol. The molecule has 0 radical (unpaired) electrons. The van der Waals surface area contributed by atoms with E-state index >= 15 is 0 Å². The Morgan fingerprint density at radius 2 is 2.00 bits per heavy atom. The van der Waals surface area contributed by atoms with E-state index in [1.165, 1.54) is 12.1 Å². The minimum atomic E-state index is -0.883. The molecule has 1 atom stereocenters. The molecule has 1 unspecified atom stereocenters. The van der Waals surface area contributed by atoms with Gasteiger partial charge in [-0.3, -0.25) is 14.9 Å². The lowest BCUT2D eigenvalue weighted by molar-refractivity contribution is -0.385. The molecule has 2 heterocycles. The number of carbonyl (C=O) groups excluding carboxylic acids is 1. The average Bonchev–Trinajstić information content (AvgIpc) is 3.11. The number of para-hydroxylation sites is 1. The van der Waals surface area contributed by atoms with Crippen molar-refractivity contribution in [2.24, 2.45) is 5.18 Å². The zero-order valence-corrected chi connectivity index (χ0v) is 14.0. The predicted molar refractivity (Wildman–Crippen MR) is 95.0 cm³/mol. The monoisotopic (exact) mass is 400 g/mol. The van der Waals surface area contributed by atoms with Gasteiger partial charge in [-0.25, -0.2) is 0 Å². The van der Waals surface area contributed by atoms with E-state index in [9.17, 15) is 19.8 Å². The predicted octanol–water partition coefficient (Wildman–Crippen LogP) is 4.32. The molecule has 0 saturated heterocycles. The Balaban J connectivity index is 1.98. The van der Waals surface area contributed by atoms with E-state index < -0.39 is 10.8 Å². The number of H-pyrrole nitrogens is 1. The molecular weight excluding hydrogens is 392 g/mol. The van der Waals surface area contributed by atoms with Crippen molar-refractivity contribution in [2.45, 2.75) is 5.92 Å². The molecule has 1 aliphatic rings. The SMILES string of the molecule is O=Nc1c(C2C(=O)Nc3c(Br)cc([N+](=O)[O-])cc32)[nH]c2ccccc12. The highest BCUT2D eigenvalue weighted by atomic mass is 79.9. The summed E-state index contributed by atoms with van der Waals surface area (Å²) >= 11 is 3.25. The molecular formula is C16H9BrN4O4. The van der Waals surface area contributed by atoms with Crippen LogP contribution in [0.4, 0.5) is 17.1 Å². The Morgan fingerprint density at radius 3 is 2.72 bits per heavy atom. The third-order valence-electron chi connectivity index (χ3n) is 4.22. The number of non-ortho nitro benzene ring substituents is 1. The van der Waals surface area contributed by atoms with Crippen LogP contribution in [0.1, 0.15) is 17.2 Å². The molecule has 0 fully saturated rings. The van der Waals surface area contributed by atoms with Crippen molar-refractivity contribution in [1.29, 1.82) is 0 Å². The Labute approximate surface area is 148 Å². The summed E-state index contributed by atoms with van der Waals surface area (Å²) < 4.78 is 0.407. The molecule has 1 aromatic heterocycles. The molecule has 0 bridgehead atoms. The first-order chi connectivity index (χ1) is 12.0. The van der Waals surface area contributed by atoms with Crippen LogP contribution in [0.3, 0.4) is 0 Å². The summed E-state index contributed by atoms with van der Waals surface area (Å²) in [5, 5.41) is 17.5. The lowest BCUT2D eigenvalue weighted by atomic mass is 9.95. The van der Waals surface area contributed by atoms with Gasteiger partial charge in [-0.2, -0.15) is 0 Å². The zero-order valence-electron chi connectivity index (χ0n) is 12.4. The number of amides is 1. The molecule has 2 aromatic carbocycles. The second-order valence-electron chi connectivity index (χ2n) is 5.60. The summed E-state index contributed by atoms with van der Waals surface area (Å²) in [5.41, 5.74) is 1.84. The molecule has 0 aliphatic carbocycles. The van der Waals surface area contributed by atoms with E-state index in [-0.39, 0.29) is 17.3 Å². The maximum atomic E-state index is 12.5. The molecule has 0 saturated carbocycles. The molecule has 2 N–H and O–H groups in total. The first-order valence-corrected chi connectivity index (χ1v) is 8.03. The van der Waals surface area contributed by atoms with Gasteiger partial charge in [0.05, 0.1) is 16.3 Å². The summed E-state index contributed by atoms with van der Waals surface area (Å²) in [6.45, 7) is 0. The number of nitroso groups, excluding NO2 is 1. The molecule has 1 amide bonds. The fraction of sp³-hybridized carbons (Fsp3) is 0.0625. The number of halogens is 1. The Morgan fingerprint density at radius 1 is 1.24 bits per heavy atom. The molecule has 124 valence electrons. The number of carbonyl (C=O) groups is 1. The van der Waals surface area contributed by atoms with Crippen molar-refractivity contribution < 1.29 is 9.72 Å². The lowest BCUT2D eigenvalue weighted by Gasteiger charge is -2.08. The van der Waals surface area contributed by atoms with Gasteiger partial charge in [0.15, 0.2) is 0 Å². The number of nitrogens with zero attached hydrogens (tertiary/aromatic N) is 2. The molecule has 8 nitrogen and oxygen atoms in total. The van der Waals surface area contributed by atoms with Gasteiger partial charge in [-0.15, -0.1) is 4.91 Å². The summed E-state index contributed by atoms with van der Waals surface area (Å²) in [5.74, 6) is -1.26. The normalized spacial score (nSPS) is 15.9. The van der Waals surface area contributed by atoms with Crippen molar-refractivity contribution in [3.8, 4) is 0 Å². The van der Waals surface area contributed by atoms with Gasteiger partial charge < -0.3 is 10.3 Å². The van der Waals surface area contributed by atoms with Crippen LogP contribution in [0.15, 0.2) is 46.0 Å². The van der Waals surface area contributed by atoms with Crippen molar-refractivity contribution in [3.05, 3.63) is 67.1 Å². The number of rotatable bonds is 3.